The largest absolute Gasteiger partial charge is 0.392 e. The number of rotatable bonds is 2. The Morgan fingerprint density at radius 1 is 1.50 bits per heavy atom. The maximum Gasteiger partial charge on any atom is 0.0948 e. The summed E-state index contributed by atoms with van der Waals surface area (Å²) >= 11 is 0. The fourth-order valence-corrected chi connectivity index (χ4v) is 1.38. The Bertz CT molecular complexity index is 436. The highest BCUT2D eigenvalue weighted by Gasteiger charge is 2.07. The van der Waals surface area contributed by atoms with Crippen LogP contribution < -0.4 is 0 Å². The molecule has 0 bridgehead atoms. The second-order valence-corrected chi connectivity index (χ2v) is 3.06. The number of pyridine rings is 1. The molecule has 0 saturated carbocycles. The maximum absolute atomic E-state index is 9.14. The van der Waals surface area contributed by atoms with Crippen LogP contribution in [0.2, 0.25) is 0 Å². The molecule has 72 valence electrons. The van der Waals surface area contributed by atoms with E-state index in [9.17, 15) is 0 Å². The summed E-state index contributed by atoms with van der Waals surface area (Å²) in [6.45, 7) is -0.00560. The summed E-state index contributed by atoms with van der Waals surface area (Å²) in [5, 5.41) is 9.14. The molecule has 4 nitrogen and oxygen atoms in total. The third kappa shape index (κ3) is 1.40. The molecule has 0 saturated heterocycles. The molecule has 14 heavy (non-hydrogen) atoms. The van der Waals surface area contributed by atoms with E-state index < -0.39 is 0 Å². The van der Waals surface area contributed by atoms with Crippen LogP contribution in [-0.4, -0.2) is 19.6 Å². The van der Waals surface area contributed by atoms with Gasteiger partial charge in [0.25, 0.3) is 0 Å². The Labute approximate surface area is 81.9 Å². The van der Waals surface area contributed by atoms with E-state index in [1.54, 1.807) is 18.7 Å². The quantitative estimate of drug-likeness (QED) is 0.766. The maximum atomic E-state index is 9.14. The van der Waals surface area contributed by atoms with E-state index in [1.165, 1.54) is 0 Å². The molecule has 0 fully saturated rings. The highest BCUT2D eigenvalue weighted by Crippen LogP contribution is 2.19. The molecule has 1 N–H and O–H groups in total. The van der Waals surface area contributed by atoms with E-state index in [0.717, 1.165) is 17.0 Å². The number of imidazole rings is 1. The number of aryl methyl sites for hydroxylation is 1. The van der Waals surface area contributed by atoms with Gasteiger partial charge in [0, 0.05) is 18.8 Å². The average Bonchev–Trinajstić information content (AvgIpc) is 2.64. The first-order valence-corrected chi connectivity index (χ1v) is 4.34. The predicted molar refractivity (Wildman–Crippen MR) is 52.4 cm³/mol. The van der Waals surface area contributed by atoms with E-state index in [1.807, 2.05) is 23.7 Å². The standard InChI is InChI=1S/C10H11N3O/c1-13-7-11-5-9(13)10-8(6-14)3-2-4-12-10/h2-5,7,14H,6H2,1H3. The van der Waals surface area contributed by atoms with Gasteiger partial charge in [-0.3, -0.25) is 4.98 Å². The third-order valence-corrected chi connectivity index (χ3v) is 2.12. The minimum Gasteiger partial charge on any atom is -0.392 e. The van der Waals surface area contributed by atoms with E-state index >= 15 is 0 Å². The Hall–Kier alpha value is -1.68. The lowest BCUT2D eigenvalue weighted by molar-refractivity contribution is 0.282. The number of aliphatic hydroxyl groups is 1. The molecule has 0 amide bonds. The van der Waals surface area contributed by atoms with Crippen molar-refractivity contribution in [2.75, 3.05) is 0 Å². The topological polar surface area (TPSA) is 50.9 Å². The molecule has 0 atom stereocenters. The van der Waals surface area contributed by atoms with Crippen LogP contribution in [0.1, 0.15) is 5.56 Å². The Morgan fingerprint density at radius 3 is 3.00 bits per heavy atom. The van der Waals surface area contributed by atoms with Crippen molar-refractivity contribution < 1.29 is 5.11 Å². The molecule has 0 aliphatic carbocycles. The first-order valence-electron chi connectivity index (χ1n) is 4.34. The van der Waals surface area contributed by atoms with Crippen molar-refractivity contribution in [2.45, 2.75) is 6.61 Å². The van der Waals surface area contributed by atoms with Crippen molar-refractivity contribution >= 4 is 0 Å². The normalized spacial score (nSPS) is 10.4. The summed E-state index contributed by atoms with van der Waals surface area (Å²) in [6.07, 6.45) is 5.16. The Morgan fingerprint density at radius 2 is 2.36 bits per heavy atom. The molecule has 2 aromatic heterocycles. The van der Waals surface area contributed by atoms with Gasteiger partial charge in [0.2, 0.25) is 0 Å². The van der Waals surface area contributed by atoms with Crippen LogP contribution in [0.4, 0.5) is 0 Å². The van der Waals surface area contributed by atoms with Gasteiger partial charge in [0.1, 0.15) is 0 Å². The predicted octanol–water partition coefficient (Wildman–Crippen LogP) is 0.974. The average molecular weight is 189 g/mol. The Balaban J connectivity index is 2.56. The van der Waals surface area contributed by atoms with Crippen LogP contribution >= 0.6 is 0 Å². The molecule has 0 aliphatic rings. The second kappa shape index (κ2) is 3.59. The van der Waals surface area contributed by atoms with Crippen LogP contribution in [0.5, 0.6) is 0 Å². The molecule has 2 heterocycles. The number of aromatic nitrogens is 3. The highest BCUT2D eigenvalue weighted by atomic mass is 16.3. The zero-order valence-electron chi connectivity index (χ0n) is 7.88. The van der Waals surface area contributed by atoms with Crippen LogP contribution in [0, 0.1) is 0 Å². The number of nitrogens with zero attached hydrogens (tertiary/aromatic N) is 3. The van der Waals surface area contributed by atoms with Gasteiger partial charge in [-0.25, -0.2) is 4.98 Å². The molecule has 0 spiro atoms. The van der Waals surface area contributed by atoms with E-state index in [-0.39, 0.29) is 6.61 Å². The molecular formula is C10H11N3O. The summed E-state index contributed by atoms with van der Waals surface area (Å²) in [5.41, 5.74) is 2.51. The van der Waals surface area contributed by atoms with Gasteiger partial charge < -0.3 is 9.67 Å². The smallest absolute Gasteiger partial charge is 0.0948 e. The summed E-state index contributed by atoms with van der Waals surface area (Å²) in [4.78, 5) is 8.25. The van der Waals surface area contributed by atoms with Crippen molar-refractivity contribution in [1.29, 1.82) is 0 Å². The van der Waals surface area contributed by atoms with Crippen LogP contribution in [0.3, 0.4) is 0 Å². The van der Waals surface area contributed by atoms with Gasteiger partial charge in [-0.05, 0) is 6.07 Å². The first-order chi connectivity index (χ1) is 6.83. The molecular weight excluding hydrogens is 178 g/mol. The van der Waals surface area contributed by atoms with Gasteiger partial charge >= 0.3 is 0 Å². The van der Waals surface area contributed by atoms with E-state index in [4.69, 9.17) is 5.11 Å². The molecule has 0 unspecified atom stereocenters. The van der Waals surface area contributed by atoms with E-state index in [0.29, 0.717) is 0 Å². The van der Waals surface area contributed by atoms with Crippen molar-refractivity contribution in [3.8, 4) is 11.4 Å². The fraction of sp³-hybridized carbons (Fsp3) is 0.200. The van der Waals surface area contributed by atoms with Crippen molar-refractivity contribution in [3.05, 3.63) is 36.4 Å². The minimum atomic E-state index is -0.00560. The molecule has 2 rings (SSSR count). The SMILES string of the molecule is Cn1cncc1-c1ncccc1CO. The third-order valence-electron chi connectivity index (χ3n) is 2.12. The van der Waals surface area contributed by atoms with Gasteiger partial charge in [-0.15, -0.1) is 0 Å². The molecule has 4 heteroatoms. The monoisotopic (exact) mass is 189 g/mol. The summed E-state index contributed by atoms with van der Waals surface area (Å²) < 4.78 is 1.88. The summed E-state index contributed by atoms with van der Waals surface area (Å²) in [7, 11) is 1.90. The molecule has 0 radical (unpaired) electrons. The zero-order valence-corrected chi connectivity index (χ0v) is 7.88. The highest BCUT2D eigenvalue weighted by molar-refractivity contribution is 5.58. The fourth-order valence-electron chi connectivity index (χ4n) is 1.38. The first kappa shape index (κ1) is 8.90. The lowest BCUT2D eigenvalue weighted by Gasteiger charge is -2.05. The van der Waals surface area contributed by atoms with Crippen molar-refractivity contribution in [3.63, 3.8) is 0 Å². The van der Waals surface area contributed by atoms with E-state index in [2.05, 4.69) is 9.97 Å². The number of hydrogen-bond acceptors (Lipinski definition) is 3. The summed E-state index contributed by atoms with van der Waals surface area (Å²) in [6, 6.07) is 3.67. The minimum absolute atomic E-state index is 0.00560. The van der Waals surface area contributed by atoms with Crippen LogP contribution in [0.25, 0.3) is 11.4 Å². The van der Waals surface area contributed by atoms with Crippen molar-refractivity contribution in [1.82, 2.24) is 14.5 Å². The lowest BCUT2D eigenvalue weighted by atomic mass is 10.1. The molecule has 2 aromatic rings. The molecule has 0 aliphatic heterocycles. The summed E-state index contributed by atoms with van der Waals surface area (Å²) in [5.74, 6) is 0. The van der Waals surface area contributed by atoms with Gasteiger partial charge in [-0.2, -0.15) is 0 Å². The zero-order chi connectivity index (χ0) is 9.97. The second-order valence-electron chi connectivity index (χ2n) is 3.06. The number of aliphatic hydroxyl groups excluding tert-OH is 1. The number of hydrogen-bond donors (Lipinski definition) is 1. The molecule has 0 aromatic carbocycles. The Kier molecular flexibility index (Phi) is 2.28. The lowest BCUT2D eigenvalue weighted by Crippen LogP contribution is -1.96. The van der Waals surface area contributed by atoms with Gasteiger partial charge in [0.15, 0.2) is 0 Å². The van der Waals surface area contributed by atoms with Gasteiger partial charge in [-0.1, -0.05) is 6.07 Å². The van der Waals surface area contributed by atoms with Gasteiger partial charge in [0.05, 0.1) is 30.5 Å². The van der Waals surface area contributed by atoms with Crippen molar-refractivity contribution in [2.24, 2.45) is 7.05 Å². The van der Waals surface area contributed by atoms with Crippen LogP contribution in [0.15, 0.2) is 30.9 Å². The van der Waals surface area contributed by atoms with Crippen LogP contribution in [-0.2, 0) is 13.7 Å².